The Bertz CT molecular complexity index is 5350. The second-order valence-electron chi connectivity index (χ2n) is 23.2. The van der Waals surface area contributed by atoms with E-state index in [1.165, 1.54) is 5.56 Å². The molecular weight excluding hydrogens is 1060 g/mol. The molecular formula is C82H56N2O3. The van der Waals surface area contributed by atoms with Gasteiger partial charge in [0.05, 0.1) is 22.2 Å². The van der Waals surface area contributed by atoms with Crippen molar-refractivity contribution in [2.24, 2.45) is 0 Å². The average Bonchev–Trinajstić information content (AvgIpc) is 1.52. The molecule has 412 valence electrons. The van der Waals surface area contributed by atoms with Crippen molar-refractivity contribution in [3.63, 3.8) is 0 Å². The van der Waals surface area contributed by atoms with Crippen LogP contribution in [-0.4, -0.2) is 0 Å². The standard InChI is InChI=1S/C82H56N2O3/c1-51-35-36-52(2)67(47-51)82(58-41-46-74-66(48-58)63-32-20-21-53(3)79(63)85-74)68-50-71(84(60-28-14-7-15-29-60)62-44-39-57(40-45-62)55-24-10-5-11-25-55)80-76(65-31-17-19-34-73(65)86-80)77(68)78-69(82)49-70(75-64-30-16-18-33-72(64)87-81(75)78)83(59-26-12-6-13-27-59)61-42-37-56(38-43-61)54-22-8-4-9-23-54/h4-50H,1-3H3. The molecule has 0 saturated carbocycles. The van der Waals surface area contributed by atoms with E-state index in [9.17, 15) is 0 Å². The van der Waals surface area contributed by atoms with E-state index in [1.54, 1.807) is 0 Å². The molecule has 0 aliphatic heterocycles. The van der Waals surface area contributed by atoms with Gasteiger partial charge in [-0.1, -0.05) is 206 Å². The molecule has 0 amide bonds. The SMILES string of the molecule is Cc1ccc(C)c(C2(c3ccc4oc5c(C)cccc5c4c3)c3cc(N(c4ccccc4)c4ccc(-c5ccccc5)cc4)c4c(oc5ccccc54)c3-c3c2cc(N(c2ccccc2)c2ccc(-c4ccccc4)cc2)c2oc4ccccc4c32)c1. The van der Waals surface area contributed by atoms with E-state index in [0.717, 1.165) is 167 Å². The van der Waals surface area contributed by atoms with E-state index in [4.69, 9.17) is 13.3 Å². The Morgan fingerprint density at radius 1 is 0.287 bits per heavy atom. The molecule has 0 fully saturated rings. The van der Waals surface area contributed by atoms with Crippen LogP contribution in [0.3, 0.4) is 0 Å². The highest BCUT2D eigenvalue weighted by molar-refractivity contribution is 6.26. The molecule has 5 heteroatoms. The molecule has 17 rings (SSSR count). The minimum atomic E-state index is -1.02. The van der Waals surface area contributed by atoms with Crippen molar-refractivity contribution in [3.05, 3.63) is 324 Å². The van der Waals surface area contributed by atoms with Gasteiger partial charge in [0.2, 0.25) is 0 Å². The number of nitrogens with zero attached hydrogens (tertiary/aromatic N) is 2. The summed E-state index contributed by atoms with van der Waals surface area (Å²) in [5, 5.41) is 6.22. The maximum Gasteiger partial charge on any atom is 0.160 e. The molecule has 5 nitrogen and oxygen atoms in total. The maximum absolute atomic E-state index is 7.66. The second kappa shape index (κ2) is 19.7. The van der Waals surface area contributed by atoms with Crippen molar-refractivity contribution < 1.29 is 13.3 Å². The van der Waals surface area contributed by atoms with Crippen LogP contribution < -0.4 is 9.80 Å². The quantitative estimate of drug-likeness (QED) is 0.137. The number of hydrogen-bond acceptors (Lipinski definition) is 5. The van der Waals surface area contributed by atoms with E-state index < -0.39 is 5.41 Å². The number of aryl methyl sites for hydroxylation is 3. The van der Waals surface area contributed by atoms with Crippen LogP contribution in [0.1, 0.15) is 38.9 Å². The van der Waals surface area contributed by atoms with Crippen LogP contribution in [0.4, 0.5) is 34.1 Å². The van der Waals surface area contributed by atoms with Gasteiger partial charge in [0.25, 0.3) is 0 Å². The Kier molecular flexibility index (Phi) is 11.4. The fourth-order valence-corrected chi connectivity index (χ4v) is 14.3. The molecule has 87 heavy (non-hydrogen) atoms. The third-order valence-corrected chi connectivity index (χ3v) is 18.2. The molecule has 0 radical (unpaired) electrons. The smallest absolute Gasteiger partial charge is 0.160 e. The van der Waals surface area contributed by atoms with Crippen LogP contribution in [0.5, 0.6) is 0 Å². The molecule has 3 aromatic heterocycles. The van der Waals surface area contributed by atoms with Crippen LogP contribution >= 0.6 is 0 Å². The summed E-state index contributed by atoms with van der Waals surface area (Å²) in [5.41, 5.74) is 24.4. The first-order valence-corrected chi connectivity index (χ1v) is 29.9. The normalized spacial score (nSPS) is 13.7. The molecule has 0 spiro atoms. The fourth-order valence-electron chi connectivity index (χ4n) is 14.3. The third kappa shape index (κ3) is 7.72. The highest BCUT2D eigenvalue weighted by Crippen LogP contribution is 2.65. The molecule has 0 saturated heterocycles. The van der Waals surface area contributed by atoms with Crippen molar-refractivity contribution in [2.75, 3.05) is 9.80 Å². The minimum absolute atomic E-state index is 0.776. The number of para-hydroxylation sites is 5. The lowest BCUT2D eigenvalue weighted by molar-refractivity contribution is 0.664. The number of benzene rings is 13. The zero-order valence-electron chi connectivity index (χ0n) is 48.3. The molecule has 1 aliphatic rings. The van der Waals surface area contributed by atoms with Gasteiger partial charge in [0, 0.05) is 60.8 Å². The average molecular weight is 1120 g/mol. The largest absolute Gasteiger partial charge is 0.456 e. The minimum Gasteiger partial charge on any atom is -0.456 e. The summed E-state index contributed by atoms with van der Waals surface area (Å²) in [5.74, 6) is 0. The topological polar surface area (TPSA) is 45.9 Å². The van der Waals surface area contributed by atoms with Gasteiger partial charge >= 0.3 is 0 Å². The predicted molar refractivity (Wildman–Crippen MR) is 360 cm³/mol. The van der Waals surface area contributed by atoms with Crippen LogP contribution in [-0.2, 0) is 5.41 Å². The lowest BCUT2D eigenvalue weighted by Crippen LogP contribution is -2.30. The number of fused-ring (bicyclic) bond motifs is 14. The van der Waals surface area contributed by atoms with Gasteiger partial charge in [-0.3, -0.25) is 0 Å². The summed E-state index contributed by atoms with van der Waals surface area (Å²) in [7, 11) is 0. The van der Waals surface area contributed by atoms with Gasteiger partial charge in [-0.25, -0.2) is 0 Å². The number of hydrogen-bond donors (Lipinski definition) is 0. The van der Waals surface area contributed by atoms with Gasteiger partial charge in [-0.05, 0) is 161 Å². The van der Waals surface area contributed by atoms with E-state index in [-0.39, 0.29) is 0 Å². The summed E-state index contributed by atoms with van der Waals surface area (Å²) in [6.45, 7) is 6.64. The van der Waals surface area contributed by atoms with Crippen molar-refractivity contribution in [1.29, 1.82) is 0 Å². The molecule has 1 aliphatic carbocycles. The summed E-state index contributed by atoms with van der Waals surface area (Å²) >= 11 is 0. The first kappa shape index (κ1) is 50.4. The summed E-state index contributed by atoms with van der Waals surface area (Å²) in [4.78, 5) is 4.83. The van der Waals surface area contributed by atoms with Crippen LogP contribution in [0.2, 0.25) is 0 Å². The third-order valence-electron chi connectivity index (χ3n) is 18.2. The van der Waals surface area contributed by atoms with Gasteiger partial charge in [0.1, 0.15) is 27.9 Å². The van der Waals surface area contributed by atoms with Gasteiger partial charge in [-0.15, -0.1) is 0 Å². The Labute approximate surface area is 503 Å². The summed E-state index contributed by atoms with van der Waals surface area (Å²) < 4.78 is 22.0. The predicted octanol–water partition coefficient (Wildman–Crippen LogP) is 22.9. The molecule has 0 N–H and O–H groups in total. The first-order chi connectivity index (χ1) is 42.9. The Balaban J connectivity index is 1.07. The van der Waals surface area contributed by atoms with Crippen molar-refractivity contribution in [3.8, 4) is 33.4 Å². The van der Waals surface area contributed by atoms with Crippen molar-refractivity contribution in [2.45, 2.75) is 26.2 Å². The van der Waals surface area contributed by atoms with E-state index >= 15 is 0 Å². The van der Waals surface area contributed by atoms with Gasteiger partial charge in [-0.2, -0.15) is 0 Å². The molecule has 0 bridgehead atoms. The van der Waals surface area contributed by atoms with Crippen LogP contribution in [0, 0.1) is 20.8 Å². The highest BCUT2D eigenvalue weighted by atomic mass is 16.3. The Morgan fingerprint density at radius 2 is 0.759 bits per heavy atom. The van der Waals surface area contributed by atoms with Crippen LogP contribution in [0.15, 0.2) is 298 Å². The van der Waals surface area contributed by atoms with Gasteiger partial charge < -0.3 is 23.1 Å². The van der Waals surface area contributed by atoms with Crippen molar-refractivity contribution in [1.82, 2.24) is 0 Å². The summed E-state index contributed by atoms with van der Waals surface area (Å²) in [6, 6.07) is 103. The van der Waals surface area contributed by atoms with Gasteiger partial charge in [0.15, 0.2) is 5.58 Å². The highest BCUT2D eigenvalue weighted by Gasteiger charge is 2.51. The molecule has 1 atom stereocenters. The monoisotopic (exact) mass is 1120 g/mol. The zero-order chi connectivity index (χ0) is 57.9. The second-order valence-corrected chi connectivity index (χ2v) is 23.2. The number of anilines is 6. The number of furan rings is 3. The molecule has 3 heterocycles. The zero-order valence-corrected chi connectivity index (χ0v) is 48.3. The molecule has 13 aromatic carbocycles. The molecule has 1 unspecified atom stereocenters. The summed E-state index contributed by atoms with van der Waals surface area (Å²) in [6.07, 6.45) is 0. The van der Waals surface area contributed by atoms with E-state index in [2.05, 4.69) is 316 Å². The van der Waals surface area contributed by atoms with Crippen LogP contribution in [0.25, 0.3) is 99.2 Å². The lowest BCUT2D eigenvalue weighted by Gasteiger charge is -2.37. The number of rotatable bonds is 10. The Hall–Kier alpha value is -11.1. The first-order valence-electron chi connectivity index (χ1n) is 29.9. The fraction of sp³-hybridized carbons (Fsp3) is 0.0488. The lowest BCUT2D eigenvalue weighted by atomic mass is 9.65. The maximum atomic E-state index is 7.66. The van der Waals surface area contributed by atoms with Crippen molar-refractivity contribution >= 4 is 99.9 Å². The van der Waals surface area contributed by atoms with E-state index in [1.807, 2.05) is 0 Å². The molecule has 16 aromatic rings. The Morgan fingerprint density at radius 3 is 1.38 bits per heavy atom. The van der Waals surface area contributed by atoms with E-state index in [0.29, 0.717) is 0 Å².